The quantitative estimate of drug-likeness (QED) is 0.701. The zero-order valence-corrected chi connectivity index (χ0v) is 15.9. The van der Waals surface area contributed by atoms with Crippen LogP contribution in [0.15, 0.2) is 32.0 Å². The van der Waals surface area contributed by atoms with Crippen molar-refractivity contribution in [2.75, 3.05) is 0 Å². The van der Waals surface area contributed by atoms with Gasteiger partial charge in [0.25, 0.3) is 5.89 Å². The third-order valence-electron chi connectivity index (χ3n) is 3.54. The van der Waals surface area contributed by atoms with Crippen LogP contribution in [0.5, 0.6) is 0 Å². The molecule has 3 rings (SSSR count). The Morgan fingerprint density at radius 3 is 2.72 bits per heavy atom. The van der Waals surface area contributed by atoms with Crippen molar-refractivity contribution in [1.82, 2.24) is 14.9 Å². The summed E-state index contributed by atoms with van der Waals surface area (Å²) in [7, 11) is -3.67. The second kappa shape index (κ2) is 6.85. The molecule has 1 aromatic carbocycles. The van der Waals surface area contributed by atoms with Crippen molar-refractivity contribution in [1.29, 1.82) is 0 Å². The molecule has 0 aliphatic heterocycles. The number of carbonyl (C=O) groups is 1. The van der Waals surface area contributed by atoms with Gasteiger partial charge >= 0.3 is 5.97 Å². The molecule has 25 heavy (non-hydrogen) atoms. The molecule has 1 aliphatic carbocycles. The van der Waals surface area contributed by atoms with E-state index in [4.69, 9.17) is 9.15 Å². The first kappa shape index (κ1) is 18.0. The summed E-state index contributed by atoms with van der Waals surface area (Å²) >= 11 is 3.24. The number of hydrogen-bond donors (Lipinski definition) is 1. The van der Waals surface area contributed by atoms with Gasteiger partial charge in [0, 0.05) is 17.4 Å². The number of nitrogens with zero attached hydrogens (tertiary/aromatic N) is 2. The molecule has 1 aromatic heterocycles. The Kier molecular flexibility index (Phi) is 4.94. The number of hydrogen-bond acceptors (Lipinski definition) is 7. The second-order valence-electron chi connectivity index (χ2n) is 5.74. The molecule has 8 nitrogen and oxygen atoms in total. The summed E-state index contributed by atoms with van der Waals surface area (Å²) in [5, 5.41) is 7.48. The Labute approximate surface area is 153 Å². The molecule has 1 fully saturated rings. The van der Waals surface area contributed by atoms with Gasteiger partial charge in [-0.15, -0.1) is 10.2 Å². The van der Waals surface area contributed by atoms with E-state index in [2.05, 4.69) is 30.8 Å². The van der Waals surface area contributed by atoms with Crippen molar-refractivity contribution < 1.29 is 22.4 Å². The van der Waals surface area contributed by atoms with Crippen molar-refractivity contribution in [2.24, 2.45) is 0 Å². The maximum atomic E-state index is 12.4. The van der Waals surface area contributed by atoms with E-state index in [9.17, 15) is 13.2 Å². The number of rotatable bonds is 6. The third kappa shape index (κ3) is 4.25. The zero-order valence-electron chi connectivity index (χ0n) is 13.5. The number of esters is 1. The van der Waals surface area contributed by atoms with E-state index in [0.717, 1.165) is 12.8 Å². The minimum Gasteiger partial charge on any atom is -0.449 e. The average Bonchev–Trinajstić information content (AvgIpc) is 3.23. The van der Waals surface area contributed by atoms with Gasteiger partial charge < -0.3 is 9.15 Å². The van der Waals surface area contributed by atoms with Crippen LogP contribution < -0.4 is 4.72 Å². The zero-order chi connectivity index (χ0) is 18.2. The van der Waals surface area contributed by atoms with Crippen molar-refractivity contribution in [2.45, 2.75) is 43.7 Å². The molecule has 0 amide bonds. The number of nitrogens with one attached hydrogen (secondary N) is 1. The van der Waals surface area contributed by atoms with Crippen LogP contribution in [0.3, 0.4) is 0 Å². The van der Waals surface area contributed by atoms with E-state index < -0.39 is 22.1 Å². The van der Waals surface area contributed by atoms with Crippen molar-refractivity contribution in [3.63, 3.8) is 0 Å². The summed E-state index contributed by atoms with van der Waals surface area (Å²) < 4.78 is 38.1. The van der Waals surface area contributed by atoms with Gasteiger partial charge in [-0.1, -0.05) is 0 Å². The van der Waals surface area contributed by atoms with E-state index in [1.54, 1.807) is 13.8 Å². The highest BCUT2D eigenvalue weighted by Gasteiger charge is 2.29. The van der Waals surface area contributed by atoms with Gasteiger partial charge in [0.2, 0.25) is 15.9 Å². The molecule has 0 radical (unpaired) electrons. The minimum absolute atomic E-state index is 0.0100. The predicted molar refractivity (Wildman–Crippen MR) is 90.4 cm³/mol. The van der Waals surface area contributed by atoms with Crippen LogP contribution in [0.4, 0.5) is 0 Å². The molecule has 1 unspecified atom stereocenters. The second-order valence-corrected chi connectivity index (χ2v) is 8.31. The molecular weight excluding hydrogens is 414 g/mol. The fourth-order valence-electron chi connectivity index (χ4n) is 2.07. The summed E-state index contributed by atoms with van der Waals surface area (Å²) in [6, 6.07) is 4.18. The molecule has 0 saturated heterocycles. The Balaban J connectivity index is 1.80. The lowest BCUT2D eigenvalue weighted by Crippen LogP contribution is -2.26. The number of halogens is 1. The first-order valence-corrected chi connectivity index (χ1v) is 9.87. The molecule has 10 heteroatoms. The normalized spacial score (nSPS) is 15.8. The molecule has 1 saturated carbocycles. The monoisotopic (exact) mass is 429 g/mol. The van der Waals surface area contributed by atoms with E-state index in [1.807, 2.05) is 0 Å². The van der Waals surface area contributed by atoms with Gasteiger partial charge in [0.05, 0.1) is 10.5 Å². The SMILES string of the molecule is Cc1nnc(C(C)OC(=O)c2cc(S(=O)(=O)NC3CC3)ccc2Br)o1. The standard InChI is InChI=1S/C15H16BrN3O5S/c1-8(14-18-17-9(2)24-14)23-15(20)12-7-11(5-6-13(12)16)25(21,22)19-10-3-4-10/h5-8,10,19H,3-4H2,1-2H3. The molecular formula is C15H16BrN3O5S. The van der Waals surface area contributed by atoms with Crippen LogP contribution in [0.1, 0.15) is 48.0 Å². The predicted octanol–water partition coefficient (Wildman–Crippen LogP) is 2.50. The van der Waals surface area contributed by atoms with Crippen LogP contribution in [0.2, 0.25) is 0 Å². The lowest BCUT2D eigenvalue weighted by atomic mass is 10.2. The molecule has 1 atom stereocenters. The number of aromatic nitrogens is 2. The Bertz CT molecular complexity index is 908. The maximum absolute atomic E-state index is 12.4. The highest BCUT2D eigenvalue weighted by atomic mass is 79.9. The molecule has 0 spiro atoms. The van der Waals surface area contributed by atoms with Crippen molar-refractivity contribution in [3.8, 4) is 0 Å². The molecule has 0 bridgehead atoms. The van der Waals surface area contributed by atoms with E-state index in [-0.39, 0.29) is 22.4 Å². The summed E-state index contributed by atoms with van der Waals surface area (Å²) in [5.41, 5.74) is 0.0989. The number of aryl methyl sites for hydroxylation is 1. The highest BCUT2D eigenvalue weighted by Crippen LogP contribution is 2.26. The fourth-order valence-corrected chi connectivity index (χ4v) is 3.81. The van der Waals surface area contributed by atoms with Gasteiger partial charge in [-0.3, -0.25) is 0 Å². The highest BCUT2D eigenvalue weighted by molar-refractivity contribution is 9.10. The van der Waals surface area contributed by atoms with Gasteiger partial charge in [-0.25, -0.2) is 17.9 Å². The first-order chi connectivity index (χ1) is 11.8. The van der Waals surface area contributed by atoms with Crippen LogP contribution in [-0.2, 0) is 14.8 Å². The Morgan fingerprint density at radius 1 is 1.40 bits per heavy atom. The van der Waals surface area contributed by atoms with Crippen molar-refractivity contribution >= 4 is 31.9 Å². The van der Waals surface area contributed by atoms with Gasteiger partial charge in [0.15, 0.2) is 6.10 Å². The molecule has 2 aromatic rings. The molecule has 1 N–H and O–H groups in total. The van der Waals surface area contributed by atoms with Crippen LogP contribution in [-0.4, -0.2) is 30.6 Å². The first-order valence-electron chi connectivity index (χ1n) is 7.59. The van der Waals surface area contributed by atoms with Gasteiger partial charge in [-0.2, -0.15) is 0 Å². The van der Waals surface area contributed by atoms with Gasteiger partial charge in [-0.05, 0) is 53.9 Å². The topological polar surface area (TPSA) is 111 Å². The number of benzene rings is 1. The van der Waals surface area contributed by atoms with Crippen LogP contribution in [0.25, 0.3) is 0 Å². The number of ether oxygens (including phenoxy) is 1. The molecule has 1 heterocycles. The minimum atomic E-state index is -3.67. The lowest BCUT2D eigenvalue weighted by Gasteiger charge is -2.12. The molecule has 1 aliphatic rings. The summed E-state index contributed by atoms with van der Waals surface area (Å²) in [6.45, 7) is 3.22. The maximum Gasteiger partial charge on any atom is 0.340 e. The largest absolute Gasteiger partial charge is 0.449 e. The third-order valence-corrected chi connectivity index (χ3v) is 5.75. The number of sulfonamides is 1. The summed E-state index contributed by atoms with van der Waals surface area (Å²) in [5.74, 6) is -0.168. The smallest absolute Gasteiger partial charge is 0.340 e. The lowest BCUT2D eigenvalue weighted by molar-refractivity contribution is 0.0275. The Hall–Kier alpha value is -1.78. The van der Waals surface area contributed by atoms with E-state index in [0.29, 0.717) is 10.4 Å². The average molecular weight is 430 g/mol. The van der Waals surface area contributed by atoms with E-state index in [1.165, 1.54) is 18.2 Å². The van der Waals surface area contributed by atoms with Crippen molar-refractivity contribution in [3.05, 3.63) is 40.0 Å². The van der Waals surface area contributed by atoms with Gasteiger partial charge in [0.1, 0.15) is 0 Å². The summed E-state index contributed by atoms with van der Waals surface area (Å²) in [6.07, 6.45) is 0.891. The summed E-state index contributed by atoms with van der Waals surface area (Å²) in [4.78, 5) is 12.4. The molecule has 134 valence electrons. The van der Waals surface area contributed by atoms with Crippen LogP contribution in [0, 0.1) is 6.92 Å². The Morgan fingerprint density at radius 2 is 2.12 bits per heavy atom. The van der Waals surface area contributed by atoms with Crippen LogP contribution >= 0.6 is 15.9 Å². The fraction of sp³-hybridized carbons (Fsp3) is 0.400. The van der Waals surface area contributed by atoms with E-state index >= 15 is 0 Å². The number of carbonyl (C=O) groups excluding carboxylic acids is 1.